The van der Waals surface area contributed by atoms with Crippen molar-refractivity contribution in [3.05, 3.63) is 17.6 Å². The molecule has 0 aliphatic carbocycles. The van der Waals surface area contributed by atoms with Crippen LogP contribution >= 0.6 is 0 Å². The molecule has 2 N–H and O–H groups in total. The Bertz CT molecular complexity index is 367. The lowest BCUT2D eigenvalue weighted by molar-refractivity contribution is 0.566. The summed E-state index contributed by atoms with van der Waals surface area (Å²) in [5.41, 5.74) is 7.14. The van der Waals surface area contributed by atoms with E-state index >= 15 is 0 Å². The Morgan fingerprint density at radius 1 is 1.44 bits per heavy atom. The second-order valence-electron chi connectivity index (χ2n) is 4.66. The van der Waals surface area contributed by atoms with Crippen LogP contribution in [0.4, 0.5) is 5.82 Å². The predicted octanol–water partition coefficient (Wildman–Crippen LogP) is 1.13. The van der Waals surface area contributed by atoms with Crippen LogP contribution in [0.25, 0.3) is 0 Å². The number of hydrogen-bond acceptors (Lipinski definition) is 4. The Hall–Kier alpha value is -1.16. The molecule has 0 amide bonds. The monoisotopic (exact) mass is 220 g/mol. The van der Waals surface area contributed by atoms with Crippen molar-refractivity contribution in [3.63, 3.8) is 0 Å². The fraction of sp³-hybridized carbons (Fsp3) is 0.667. The van der Waals surface area contributed by atoms with Crippen molar-refractivity contribution in [3.8, 4) is 0 Å². The first-order valence-electron chi connectivity index (χ1n) is 5.95. The van der Waals surface area contributed by atoms with Gasteiger partial charge in [-0.25, -0.2) is 9.97 Å². The molecular weight excluding hydrogens is 200 g/mol. The summed E-state index contributed by atoms with van der Waals surface area (Å²) in [5.74, 6) is 2.42. The van der Waals surface area contributed by atoms with E-state index < -0.39 is 0 Å². The molecule has 0 bridgehead atoms. The SMILES string of the molecule is CCc1cc(N2CC(C)C(N)C2)nc(C)n1. The number of aromatic nitrogens is 2. The molecule has 1 saturated heterocycles. The molecule has 2 atom stereocenters. The van der Waals surface area contributed by atoms with Crippen LogP contribution in [-0.2, 0) is 6.42 Å². The number of hydrogen-bond donors (Lipinski definition) is 1. The first kappa shape index (κ1) is 11.3. The summed E-state index contributed by atoms with van der Waals surface area (Å²) in [6.07, 6.45) is 0.950. The second kappa shape index (κ2) is 4.37. The highest BCUT2D eigenvalue weighted by Gasteiger charge is 2.27. The smallest absolute Gasteiger partial charge is 0.132 e. The molecule has 1 fully saturated rings. The van der Waals surface area contributed by atoms with E-state index in [1.165, 1.54) is 0 Å². The van der Waals surface area contributed by atoms with Crippen LogP contribution in [0.3, 0.4) is 0 Å². The topological polar surface area (TPSA) is 55.0 Å². The molecule has 4 nitrogen and oxygen atoms in total. The molecule has 0 aromatic carbocycles. The van der Waals surface area contributed by atoms with E-state index in [9.17, 15) is 0 Å². The van der Waals surface area contributed by atoms with E-state index in [2.05, 4.69) is 34.8 Å². The number of aryl methyl sites for hydroxylation is 2. The largest absolute Gasteiger partial charge is 0.355 e. The average Bonchev–Trinajstić information content (AvgIpc) is 2.58. The Balaban J connectivity index is 2.24. The Morgan fingerprint density at radius 2 is 2.19 bits per heavy atom. The number of nitrogens with zero attached hydrogens (tertiary/aromatic N) is 3. The third kappa shape index (κ3) is 2.16. The summed E-state index contributed by atoms with van der Waals surface area (Å²) >= 11 is 0. The van der Waals surface area contributed by atoms with Gasteiger partial charge in [-0.1, -0.05) is 13.8 Å². The molecule has 2 unspecified atom stereocenters. The van der Waals surface area contributed by atoms with Crippen LogP contribution in [0, 0.1) is 12.8 Å². The van der Waals surface area contributed by atoms with Crippen LogP contribution in [0.15, 0.2) is 6.07 Å². The fourth-order valence-electron chi connectivity index (χ4n) is 2.13. The lowest BCUT2D eigenvalue weighted by Crippen LogP contribution is -2.28. The highest BCUT2D eigenvalue weighted by molar-refractivity contribution is 5.41. The summed E-state index contributed by atoms with van der Waals surface area (Å²) in [6, 6.07) is 2.35. The zero-order valence-electron chi connectivity index (χ0n) is 10.3. The molecule has 0 spiro atoms. The minimum atomic E-state index is 0.264. The van der Waals surface area contributed by atoms with Crippen LogP contribution < -0.4 is 10.6 Å². The summed E-state index contributed by atoms with van der Waals surface area (Å²) in [4.78, 5) is 11.2. The number of nitrogens with two attached hydrogens (primary N) is 1. The van der Waals surface area contributed by atoms with Crippen molar-refractivity contribution in [1.82, 2.24) is 9.97 Å². The third-order valence-electron chi connectivity index (χ3n) is 3.23. The van der Waals surface area contributed by atoms with E-state index in [4.69, 9.17) is 5.73 Å². The van der Waals surface area contributed by atoms with Crippen LogP contribution in [-0.4, -0.2) is 29.1 Å². The first-order chi connectivity index (χ1) is 7.60. The van der Waals surface area contributed by atoms with Gasteiger partial charge in [0.25, 0.3) is 0 Å². The number of rotatable bonds is 2. The minimum absolute atomic E-state index is 0.264. The summed E-state index contributed by atoms with van der Waals surface area (Å²) in [7, 11) is 0. The number of anilines is 1. The maximum Gasteiger partial charge on any atom is 0.132 e. The maximum absolute atomic E-state index is 6.03. The van der Waals surface area contributed by atoms with Crippen molar-refractivity contribution in [1.29, 1.82) is 0 Å². The molecule has 1 aliphatic heterocycles. The molecule has 88 valence electrons. The zero-order chi connectivity index (χ0) is 11.7. The van der Waals surface area contributed by atoms with Gasteiger partial charge in [0.15, 0.2) is 0 Å². The molecule has 4 heteroatoms. The normalized spacial score (nSPS) is 25.1. The van der Waals surface area contributed by atoms with Crippen LogP contribution in [0.2, 0.25) is 0 Å². The van der Waals surface area contributed by atoms with Gasteiger partial charge in [0, 0.05) is 30.9 Å². The Morgan fingerprint density at radius 3 is 2.75 bits per heavy atom. The molecule has 16 heavy (non-hydrogen) atoms. The van der Waals surface area contributed by atoms with Gasteiger partial charge in [-0.3, -0.25) is 0 Å². The molecule has 0 radical (unpaired) electrons. The molecule has 2 rings (SSSR count). The van der Waals surface area contributed by atoms with Gasteiger partial charge in [-0.05, 0) is 19.3 Å². The van der Waals surface area contributed by atoms with Gasteiger partial charge in [-0.15, -0.1) is 0 Å². The molecular formula is C12H20N4. The van der Waals surface area contributed by atoms with Gasteiger partial charge in [-0.2, -0.15) is 0 Å². The average molecular weight is 220 g/mol. The quantitative estimate of drug-likeness (QED) is 0.812. The molecule has 1 aromatic rings. The lowest BCUT2D eigenvalue weighted by atomic mass is 10.1. The molecule has 0 saturated carbocycles. The van der Waals surface area contributed by atoms with Gasteiger partial charge in [0.2, 0.25) is 0 Å². The second-order valence-corrected chi connectivity index (χ2v) is 4.66. The van der Waals surface area contributed by atoms with Crippen molar-refractivity contribution in [2.75, 3.05) is 18.0 Å². The highest BCUT2D eigenvalue weighted by atomic mass is 15.2. The van der Waals surface area contributed by atoms with Gasteiger partial charge >= 0.3 is 0 Å². The van der Waals surface area contributed by atoms with Gasteiger partial charge in [0.1, 0.15) is 11.6 Å². The van der Waals surface area contributed by atoms with Crippen molar-refractivity contribution in [2.24, 2.45) is 11.7 Å². The maximum atomic E-state index is 6.03. The predicted molar refractivity (Wildman–Crippen MR) is 65.5 cm³/mol. The van der Waals surface area contributed by atoms with Crippen molar-refractivity contribution >= 4 is 5.82 Å². The van der Waals surface area contributed by atoms with Crippen LogP contribution in [0.1, 0.15) is 25.4 Å². The van der Waals surface area contributed by atoms with E-state index in [0.717, 1.165) is 36.8 Å². The van der Waals surface area contributed by atoms with E-state index in [-0.39, 0.29) is 6.04 Å². The third-order valence-corrected chi connectivity index (χ3v) is 3.23. The summed E-state index contributed by atoms with van der Waals surface area (Å²) < 4.78 is 0. The highest BCUT2D eigenvalue weighted by Crippen LogP contribution is 2.21. The molecule has 1 aliphatic rings. The minimum Gasteiger partial charge on any atom is -0.355 e. The first-order valence-corrected chi connectivity index (χ1v) is 5.95. The summed E-state index contributed by atoms with van der Waals surface area (Å²) in [5, 5.41) is 0. The zero-order valence-corrected chi connectivity index (χ0v) is 10.3. The van der Waals surface area contributed by atoms with Crippen LogP contribution in [0.5, 0.6) is 0 Å². The fourth-order valence-corrected chi connectivity index (χ4v) is 2.13. The van der Waals surface area contributed by atoms with E-state index in [0.29, 0.717) is 5.92 Å². The Kier molecular flexibility index (Phi) is 3.10. The Labute approximate surface area is 96.9 Å². The van der Waals surface area contributed by atoms with Gasteiger partial charge < -0.3 is 10.6 Å². The van der Waals surface area contributed by atoms with E-state index in [1.807, 2.05) is 6.92 Å². The van der Waals surface area contributed by atoms with Crippen molar-refractivity contribution < 1.29 is 0 Å². The van der Waals surface area contributed by atoms with Gasteiger partial charge in [0.05, 0.1) is 0 Å². The lowest BCUT2D eigenvalue weighted by Gasteiger charge is -2.17. The summed E-state index contributed by atoms with van der Waals surface area (Å²) in [6.45, 7) is 8.16. The van der Waals surface area contributed by atoms with Crippen molar-refractivity contribution in [2.45, 2.75) is 33.2 Å². The van der Waals surface area contributed by atoms with E-state index in [1.54, 1.807) is 0 Å². The standard InChI is InChI=1S/C12H20N4/c1-4-10-5-12(15-9(3)14-10)16-6-8(2)11(13)7-16/h5,8,11H,4,6-7,13H2,1-3H3. The molecule has 1 aromatic heterocycles. The molecule has 2 heterocycles.